The molecule has 1 saturated carbocycles. The number of benzene rings is 1. The molecule has 0 radical (unpaired) electrons. The first kappa shape index (κ1) is 19.2. The van der Waals surface area contributed by atoms with Crippen LogP contribution < -0.4 is 11.1 Å². The van der Waals surface area contributed by atoms with Gasteiger partial charge in [0.05, 0.1) is 5.92 Å². The molecular formula is C20H28N2O3. The highest BCUT2D eigenvalue weighted by Gasteiger charge is 2.32. The smallest absolute Gasteiger partial charge is 0.222 e. The molecule has 0 bridgehead atoms. The van der Waals surface area contributed by atoms with Gasteiger partial charge in [0.25, 0.3) is 0 Å². The normalized spacial score (nSPS) is 20.7. The number of rotatable bonds is 7. The summed E-state index contributed by atoms with van der Waals surface area (Å²) in [7, 11) is 0. The molecule has 0 unspecified atom stereocenters. The van der Waals surface area contributed by atoms with Gasteiger partial charge in [-0.1, -0.05) is 57.0 Å². The van der Waals surface area contributed by atoms with E-state index < -0.39 is 5.41 Å². The minimum atomic E-state index is -0.451. The van der Waals surface area contributed by atoms with Crippen LogP contribution in [-0.4, -0.2) is 23.6 Å². The van der Waals surface area contributed by atoms with E-state index in [-0.39, 0.29) is 36.0 Å². The number of carbonyl (C=O) groups is 3. The van der Waals surface area contributed by atoms with Gasteiger partial charge in [-0.3, -0.25) is 14.4 Å². The van der Waals surface area contributed by atoms with Gasteiger partial charge in [0.1, 0.15) is 0 Å². The highest BCUT2D eigenvalue weighted by molar-refractivity contribution is 5.96. The van der Waals surface area contributed by atoms with Crippen molar-refractivity contribution in [3.05, 3.63) is 35.9 Å². The Morgan fingerprint density at radius 1 is 1.08 bits per heavy atom. The van der Waals surface area contributed by atoms with E-state index in [9.17, 15) is 14.4 Å². The first-order chi connectivity index (χ1) is 11.8. The fourth-order valence-corrected chi connectivity index (χ4v) is 3.56. The summed E-state index contributed by atoms with van der Waals surface area (Å²) in [6.07, 6.45) is 4.02. The van der Waals surface area contributed by atoms with E-state index in [4.69, 9.17) is 5.73 Å². The van der Waals surface area contributed by atoms with E-state index >= 15 is 0 Å². The lowest BCUT2D eigenvalue weighted by atomic mass is 9.81. The number of hydrogen-bond donors (Lipinski definition) is 2. The fourth-order valence-electron chi connectivity index (χ4n) is 3.56. The summed E-state index contributed by atoms with van der Waals surface area (Å²) >= 11 is 0. The van der Waals surface area contributed by atoms with Crippen molar-refractivity contribution in [2.24, 2.45) is 17.1 Å². The molecule has 5 nitrogen and oxygen atoms in total. The number of amides is 2. The van der Waals surface area contributed by atoms with Crippen molar-refractivity contribution in [1.82, 2.24) is 5.32 Å². The molecule has 0 aromatic heterocycles. The third-order valence-electron chi connectivity index (χ3n) is 4.85. The van der Waals surface area contributed by atoms with Crippen LogP contribution in [0.2, 0.25) is 0 Å². The molecule has 2 rings (SSSR count). The summed E-state index contributed by atoms with van der Waals surface area (Å²) in [6.45, 7) is 3.83. The minimum Gasteiger partial charge on any atom is -0.369 e. The lowest BCUT2D eigenvalue weighted by Crippen LogP contribution is -2.47. The Morgan fingerprint density at radius 2 is 1.72 bits per heavy atom. The van der Waals surface area contributed by atoms with Gasteiger partial charge in [-0.2, -0.15) is 0 Å². The summed E-state index contributed by atoms with van der Waals surface area (Å²) in [4.78, 5) is 36.4. The Morgan fingerprint density at radius 3 is 2.36 bits per heavy atom. The van der Waals surface area contributed by atoms with E-state index in [2.05, 4.69) is 5.32 Å². The molecule has 1 fully saturated rings. The van der Waals surface area contributed by atoms with Crippen molar-refractivity contribution >= 4 is 17.6 Å². The first-order valence-corrected chi connectivity index (χ1v) is 8.95. The maximum atomic E-state index is 12.4. The van der Waals surface area contributed by atoms with Crippen LogP contribution in [0.1, 0.15) is 62.7 Å². The van der Waals surface area contributed by atoms with Crippen LogP contribution in [0.5, 0.6) is 0 Å². The molecule has 1 aliphatic carbocycles. The third-order valence-corrected chi connectivity index (χ3v) is 4.85. The van der Waals surface area contributed by atoms with Crippen LogP contribution in [0.15, 0.2) is 30.3 Å². The molecule has 25 heavy (non-hydrogen) atoms. The van der Waals surface area contributed by atoms with Crippen LogP contribution in [0.4, 0.5) is 0 Å². The number of nitrogens with one attached hydrogen (secondary N) is 1. The van der Waals surface area contributed by atoms with Gasteiger partial charge in [-0.25, -0.2) is 0 Å². The molecule has 1 aromatic carbocycles. The van der Waals surface area contributed by atoms with Gasteiger partial charge < -0.3 is 11.1 Å². The van der Waals surface area contributed by atoms with Crippen LogP contribution >= 0.6 is 0 Å². The predicted octanol–water partition coefficient (Wildman–Crippen LogP) is 2.84. The Balaban J connectivity index is 1.91. The maximum Gasteiger partial charge on any atom is 0.222 e. The van der Waals surface area contributed by atoms with Gasteiger partial charge in [0.2, 0.25) is 11.8 Å². The topological polar surface area (TPSA) is 89.3 Å². The lowest BCUT2D eigenvalue weighted by molar-refractivity contribution is -0.127. The first-order valence-electron chi connectivity index (χ1n) is 8.95. The monoisotopic (exact) mass is 344 g/mol. The summed E-state index contributed by atoms with van der Waals surface area (Å²) in [5.41, 5.74) is 5.67. The van der Waals surface area contributed by atoms with Crippen molar-refractivity contribution in [3.63, 3.8) is 0 Å². The Hall–Kier alpha value is -2.17. The second-order valence-electron chi connectivity index (χ2n) is 7.77. The van der Waals surface area contributed by atoms with Crippen molar-refractivity contribution in [2.45, 2.75) is 58.4 Å². The molecule has 1 aliphatic rings. The van der Waals surface area contributed by atoms with Crippen LogP contribution in [0, 0.1) is 11.3 Å². The summed E-state index contributed by atoms with van der Waals surface area (Å²) in [5.74, 6) is -0.717. The molecule has 0 aliphatic heterocycles. The molecule has 2 amide bonds. The highest BCUT2D eigenvalue weighted by atomic mass is 16.2. The Bertz CT molecular complexity index is 625. The SMILES string of the molecule is CC(C)(CC(=O)N[C@H]1CCCC[C@@H]1C(N)=O)CC(=O)c1ccccc1. The predicted molar refractivity (Wildman–Crippen MR) is 96.9 cm³/mol. The fraction of sp³-hybridized carbons (Fsp3) is 0.550. The number of hydrogen-bond acceptors (Lipinski definition) is 3. The summed E-state index contributed by atoms with van der Waals surface area (Å²) in [5, 5.41) is 2.97. The summed E-state index contributed by atoms with van der Waals surface area (Å²) in [6, 6.07) is 8.93. The average molecular weight is 344 g/mol. The van der Waals surface area contributed by atoms with E-state index in [0.717, 1.165) is 25.7 Å². The second kappa shape index (κ2) is 8.28. The maximum absolute atomic E-state index is 12.4. The Kier molecular flexibility index (Phi) is 6.34. The largest absolute Gasteiger partial charge is 0.369 e. The van der Waals surface area contributed by atoms with Gasteiger partial charge in [0.15, 0.2) is 5.78 Å². The molecule has 136 valence electrons. The zero-order valence-electron chi connectivity index (χ0n) is 15.1. The van der Waals surface area contributed by atoms with Gasteiger partial charge in [-0.15, -0.1) is 0 Å². The van der Waals surface area contributed by atoms with Crippen LogP contribution in [-0.2, 0) is 9.59 Å². The molecule has 1 aromatic rings. The third kappa shape index (κ3) is 5.69. The number of primary amides is 1. The van der Waals surface area contributed by atoms with Crippen LogP contribution in [0.25, 0.3) is 0 Å². The number of ketones is 1. The number of Topliss-reactive ketones (excluding diaryl/α,β-unsaturated/α-hetero) is 1. The molecular weight excluding hydrogens is 316 g/mol. The van der Waals surface area contributed by atoms with E-state index in [0.29, 0.717) is 12.0 Å². The highest BCUT2D eigenvalue weighted by Crippen LogP contribution is 2.29. The second-order valence-corrected chi connectivity index (χ2v) is 7.77. The van der Waals surface area contributed by atoms with Crippen molar-refractivity contribution in [2.75, 3.05) is 0 Å². The van der Waals surface area contributed by atoms with E-state index in [1.165, 1.54) is 0 Å². The van der Waals surface area contributed by atoms with E-state index in [1.54, 1.807) is 12.1 Å². The van der Waals surface area contributed by atoms with Gasteiger partial charge in [0, 0.05) is 24.4 Å². The molecule has 0 saturated heterocycles. The van der Waals surface area contributed by atoms with Crippen molar-refractivity contribution < 1.29 is 14.4 Å². The van der Waals surface area contributed by atoms with Gasteiger partial charge >= 0.3 is 0 Å². The minimum absolute atomic E-state index is 0.0334. The van der Waals surface area contributed by atoms with Crippen molar-refractivity contribution in [3.8, 4) is 0 Å². The number of nitrogens with two attached hydrogens (primary N) is 1. The quantitative estimate of drug-likeness (QED) is 0.745. The van der Waals surface area contributed by atoms with E-state index in [1.807, 2.05) is 32.0 Å². The molecule has 0 spiro atoms. The standard InChI is InChI=1S/C20H28N2O3/c1-20(2,12-17(23)14-8-4-3-5-9-14)13-18(24)22-16-11-7-6-10-15(16)19(21)25/h3-5,8-9,15-16H,6-7,10-13H2,1-2H3,(H2,21,25)(H,22,24)/t15-,16-/m0/s1. The molecule has 3 N–H and O–H groups in total. The molecule has 0 heterocycles. The average Bonchev–Trinajstić information content (AvgIpc) is 2.54. The van der Waals surface area contributed by atoms with Crippen LogP contribution in [0.3, 0.4) is 0 Å². The summed E-state index contributed by atoms with van der Waals surface area (Å²) < 4.78 is 0. The van der Waals surface area contributed by atoms with Crippen molar-refractivity contribution in [1.29, 1.82) is 0 Å². The van der Waals surface area contributed by atoms with Gasteiger partial charge in [-0.05, 0) is 18.3 Å². The number of carbonyl (C=O) groups excluding carboxylic acids is 3. The zero-order chi connectivity index (χ0) is 18.4. The lowest BCUT2D eigenvalue weighted by Gasteiger charge is -2.31. The zero-order valence-corrected chi connectivity index (χ0v) is 15.1. The molecule has 5 heteroatoms. The Labute approximate surface area is 149 Å². The molecule has 2 atom stereocenters.